The fourth-order valence-electron chi connectivity index (χ4n) is 6.33. The predicted octanol–water partition coefficient (Wildman–Crippen LogP) is 8.59. The van der Waals surface area contributed by atoms with Gasteiger partial charge in [0.15, 0.2) is 0 Å². The van der Waals surface area contributed by atoms with E-state index in [9.17, 15) is 9.59 Å². The third kappa shape index (κ3) is 16.7. The van der Waals surface area contributed by atoms with Gasteiger partial charge in [-0.15, -0.1) is 0 Å². The third-order valence-electron chi connectivity index (χ3n) is 9.07. The number of hydrogen-bond donors (Lipinski definition) is 3. The summed E-state index contributed by atoms with van der Waals surface area (Å²) < 4.78 is 0. The van der Waals surface area contributed by atoms with Crippen molar-refractivity contribution >= 4 is 11.8 Å². The number of amides is 2. The summed E-state index contributed by atoms with van der Waals surface area (Å²) in [6.07, 6.45) is 32.0. The number of nitrogens with two attached hydrogens (primary N) is 1. The second kappa shape index (κ2) is 24.7. The average Bonchev–Trinajstić information content (AvgIpc) is 3.37. The van der Waals surface area contributed by atoms with E-state index in [0.717, 1.165) is 25.7 Å². The number of primary amides is 1. The molecule has 0 aromatic heterocycles. The van der Waals surface area contributed by atoms with Crippen LogP contribution in [0.25, 0.3) is 0 Å². The second-order valence-electron chi connectivity index (χ2n) is 12.5. The van der Waals surface area contributed by atoms with Gasteiger partial charge < -0.3 is 16.4 Å². The summed E-state index contributed by atoms with van der Waals surface area (Å²) in [6, 6.07) is 0. The summed E-state index contributed by atoms with van der Waals surface area (Å²) in [5.74, 6) is -0.623. The van der Waals surface area contributed by atoms with E-state index in [-0.39, 0.29) is 17.7 Å². The van der Waals surface area contributed by atoms with Gasteiger partial charge in [0.2, 0.25) is 11.8 Å². The van der Waals surface area contributed by atoms with E-state index in [0.29, 0.717) is 19.6 Å². The van der Waals surface area contributed by atoms with Crippen molar-refractivity contribution in [3.05, 3.63) is 0 Å². The summed E-state index contributed by atoms with van der Waals surface area (Å²) in [6.45, 7) is 6.35. The first-order valence-corrected chi connectivity index (χ1v) is 17.4. The van der Waals surface area contributed by atoms with Gasteiger partial charge in [-0.2, -0.15) is 0 Å². The minimum atomic E-state index is -0.723. The normalized spacial score (nSPS) is 19.0. The summed E-state index contributed by atoms with van der Waals surface area (Å²) >= 11 is 0. The lowest BCUT2D eigenvalue weighted by Gasteiger charge is -2.30. The van der Waals surface area contributed by atoms with Crippen LogP contribution in [0.5, 0.6) is 0 Å². The highest BCUT2D eigenvalue weighted by Crippen LogP contribution is 2.37. The average molecular weight is 550 g/mol. The van der Waals surface area contributed by atoms with Crippen molar-refractivity contribution in [1.29, 1.82) is 0 Å². The number of rotatable bonds is 28. The van der Waals surface area contributed by atoms with Crippen molar-refractivity contribution in [2.75, 3.05) is 19.6 Å². The van der Waals surface area contributed by atoms with Gasteiger partial charge in [-0.25, -0.2) is 0 Å². The van der Waals surface area contributed by atoms with E-state index in [1.54, 1.807) is 0 Å². The van der Waals surface area contributed by atoms with Crippen molar-refractivity contribution in [2.45, 2.75) is 174 Å². The molecule has 230 valence electrons. The van der Waals surface area contributed by atoms with Crippen molar-refractivity contribution < 1.29 is 9.59 Å². The molecule has 1 saturated heterocycles. The molecule has 2 amide bonds. The smallest absolute Gasteiger partial charge is 0.225 e. The van der Waals surface area contributed by atoms with Gasteiger partial charge in [-0.05, 0) is 12.8 Å². The topological polar surface area (TPSA) is 84.2 Å². The maximum Gasteiger partial charge on any atom is 0.225 e. The molecule has 0 aromatic rings. The molecule has 0 bridgehead atoms. The van der Waals surface area contributed by atoms with Crippen molar-refractivity contribution in [3.63, 3.8) is 0 Å². The summed E-state index contributed by atoms with van der Waals surface area (Å²) in [4.78, 5) is 25.6. The predicted molar refractivity (Wildman–Crippen MR) is 168 cm³/mol. The lowest BCUT2D eigenvalue weighted by Crippen LogP contribution is -2.49. The first kappa shape index (κ1) is 35.9. The van der Waals surface area contributed by atoms with Crippen LogP contribution in [0.4, 0.5) is 0 Å². The number of carbonyl (C=O) groups is 2. The minimum absolute atomic E-state index is 0.0146. The molecule has 39 heavy (non-hydrogen) atoms. The van der Waals surface area contributed by atoms with E-state index in [2.05, 4.69) is 24.5 Å². The van der Waals surface area contributed by atoms with Crippen LogP contribution >= 0.6 is 0 Å². The van der Waals surface area contributed by atoms with Crippen molar-refractivity contribution in [3.8, 4) is 0 Å². The van der Waals surface area contributed by atoms with Crippen LogP contribution in [-0.2, 0) is 9.59 Å². The third-order valence-corrected chi connectivity index (χ3v) is 9.07. The summed E-state index contributed by atoms with van der Waals surface area (Å²) in [7, 11) is 0. The van der Waals surface area contributed by atoms with Gasteiger partial charge in [0, 0.05) is 19.6 Å². The van der Waals surface area contributed by atoms with E-state index >= 15 is 0 Å². The zero-order valence-electron chi connectivity index (χ0n) is 26.3. The first-order valence-electron chi connectivity index (χ1n) is 17.4. The number of unbranched alkanes of at least 4 members (excludes halogenated alkanes) is 22. The Labute approximate surface area is 243 Å². The van der Waals surface area contributed by atoms with Crippen LogP contribution in [0, 0.1) is 11.3 Å². The molecule has 1 aliphatic heterocycles. The molecule has 0 aromatic carbocycles. The van der Waals surface area contributed by atoms with Gasteiger partial charge in [0.25, 0.3) is 0 Å². The molecule has 1 aliphatic rings. The SMILES string of the molecule is CCCCCCCCCCCCCCNC(=O)C1CNCC1(CCCCCCCCCCCCCC)C(N)=O. The number of nitrogens with one attached hydrogen (secondary N) is 2. The van der Waals surface area contributed by atoms with Crippen LogP contribution in [0.15, 0.2) is 0 Å². The zero-order chi connectivity index (χ0) is 28.4. The Hall–Kier alpha value is -1.10. The summed E-state index contributed by atoms with van der Waals surface area (Å²) in [5, 5.41) is 6.44. The van der Waals surface area contributed by atoms with Crippen LogP contribution in [0.1, 0.15) is 174 Å². The zero-order valence-corrected chi connectivity index (χ0v) is 26.3. The lowest BCUT2D eigenvalue weighted by molar-refractivity contribution is -0.138. The van der Waals surface area contributed by atoms with Crippen LogP contribution in [0.3, 0.4) is 0 Å². The highest BCUT2D eigenvalue weighted by molar-refractivity contribution is 5.91. The van der Waals surface area contributed by atoms with Crippen LogP contribution < -0.4 is 16.4 Å². The monoisotopic (exact) mass is 550 g/mol. The maximum atomic E-state index is 13.0. The Bertz CT molecular complexity index is 597. The second-order valence-corrected chi connectivity index (χ2v) is 12.5. The molecule has 1 rings (SSSR count). The maximum absolute atomic E-state index is 13.0. The van der Waals surface area contributed by atoms with E-state index in [1.165, 1.54) is 135 Å². The molecule has 0 saturated carbocycles. The highest BCUT2D eigenvalue weighted by atomic mass is 16.2. The Morgan fingerprint density at radius 2 is 1.03 bits per heavy atom. The molecule has 1 heterocycles. The quantitative estimate of drug-likeness (QED) is 0.0854. The molecule has 4 N–H and O–H groups in total. The molecule has 5 heteroatoms. The molecule has 2 unspecified atom stereocenters. The van der Waals surface area contributed by atoms with Crippen molar-refractivity contribution in [2.24, 2.45) is 17.1 Å². The Morgan fingerprint density at radius 1 is 0.641 bits per heavy atom. The van der Waals surface area contributed by atoms with Crippen molar-refractivity contribution in [1.82, 2.24) is 10.6 Å². The largest absolute Gasteiger partial charge is 0.369 e. The molecule has 2 atom stereocenters. The first-order chi connectivity index (χ1) is 19.1. The molecule has 0 aliphatic carbocycles. The van der Waals surface area contributed by atoms with E-state index in [1.807, 2.05) is 0 Å². The minimum Gasteiger partial charge on any atom is -0.369 e. The molecule has 0 radical (unpaired) electrons. The van der Waals surface area contributed by atoms with Crippen LogP contribution in [-0.4, -0.2) is 31.4 Å². The van der Waals surface area contributed by atoms with E-state index in [4.69, 9.17) is 5.73 Å². The number of carbonyl (C=O) groups excluding carboxylic acids is 2. The standard InChI is InChI=1S/C34H67N3O2/c1-3-5-7-9-11-13-15-17-19-21-23-25-27-34(33(35)39)30-36-29-31(34)32(38)37-28-26-24-22-20-18-16-14-12-10-8-6-4-2/h31,36H,3-30H2,1-2H3,(H2,35,39)(H,37,38). The van der Waals surface area contributed by atoms with Gasteiger partial charge in [0.05, 0.1) is 11.3 Å². The summed E-state index contributed by atoms with van der Waals surface area (Å²) in [5.41, 5.74) is 5.19. The highest BCUT2D eigenvalue weighted by Gasteiger charge is 2.50. The van der Waals surface area contributed by atoms with Gasteiger partial charge in [0.1, 0.15) is 0 Å². The molecule has 0 spiro atoms. The Balaban J connectivity index is 2.13. The van der Waals surface area contributed by atoms with Gasteiger partial charge >= 0.3 is 0 Å². The van der Waals surface area contributed by atoms with Gasteiger partial charge in [-0.1, -0.05) is 162 Å². The van der Waals surface area contributed by atoms with Gasteiger partial charge in [-0.3, -0.25) is 9.59 Å². The molecular formula is C34H67N3O2. The molecular weight excluding hydrogens is 482 g/mol. The Morgan fingerprint density at radius 3 is 1.44 bits per heavy atom. The molecule has 5 nitrogen and oxygen atoms in total. The lowest BCUT2D eigenvalue weighted by atomic mass is 9.73. The fraction of sp³-hybridized carbons (Fsp3) is 0.941. The Kier molecular flexibility index (Phi) is 22.7. The van der Waals surface area contributed by atoms with E-state index < -0.39 is 5.41 Å². The number of hydrogen-bond acceptors (Lipinski definition) is 3. The fourth-order valence-corrected chi connectivity index (χ4v) is 6.33. The molecule has 1 fully saturated rings. The van der Waals surface area contributed by atoms with Crippen LogP contribution in [0.2, 0.25) is 0 Å².